The first-order valence-electron chi connectivity index (χ1n) is 9.88. The number of benzene rings is 4. The van der Waals surface area contributed by atoms with Crippen LogP contribution in [0.5, 0.6) is 0 Å². The Labute approximate surface area is 189 Å². The Morgan fingerprint density at radius 1 is 0.382 bits per heavy atom. The van der Waals surface area contributed by atoms with E-state index >= 15 is 0 Å². The van der Waals surface area contributed by atoms with Crippen molar-refractivity contribution in [3.05, 3.63) is 108 Å². The fourth-order valence-corrected chi connectivity index (χ4v) is 3.60. The van der Waals surface area contributed by atoms with E-state index in [1.54, 1.807) is 48.5 Å². The van der Waals surface area contributed by atoms with Crippen LogP contribution in [0.2, 0.25) is 0 Å². The van der Waals surface area contributed by atoms with Crippen LogP contribution >= 0.6 is 0 Å². The average molecular weight is 478 g/mol. The van der Waals surface area contributed by atoms with E-state index in [9.17, 15) is 35.1 Å². The molecule has 174 valence electrons. The molecule has 0 aromatic heterocycles. The quantitative estimate of drug-likeness (QED) is 0.258. The lowest BCUT2D eigenvalue weighted by Gasteiger charge is -2.12. The third-order valence-electron chi connectivity index (χ3n) is 5.27. The van der Waals surface area contributed by atoms with Gasteiger partial charge in [0.2, 0.25) is 0 Å². The van der Waals surface area contributed by atoms with E-state index in [4.69, 9.17) is 0 Å². The molecule has 0 heterocycles. The van der Waals surface area contributed by atoms with Gasteiger partial charge in [-0.05, 0) is 69.8 Å². The molecule has 0 amide bonds. The number of alkyl halides is 6. The molecule has 0 aliphatic heterocycles. The van der Waals surface area contributed by atoms with Crippen molar-refractivity contribution in [1.29, 1.82) is 0 Å². The lowest BCUT2D eigenvalue weighted by Crippen LogP contribution is -2.08. The number of rotatable bonds is 3. The highest BCUT2D eigenvalue weighted by atomic mass is 19.4. The summed E-state index contributed by atoms with van der Waals surface area (Å²) in [5.74, 6) is -2.75. The Balaban J connectivity index is 1.74. The normalized spacial score (nSPS) is 12.1. The lowest BCUT2D eigenvalue weighted by atomic mass is 9.95. The van der Waals surface area contributed by atoms with Gasteiger partial charge in [-0.15, -0.1) is 0 Å². The summed E-state index contributed by atoms with van der Waals surface area (Å²) in [6, 6.07) is 18.3. The van der Waals surface area contributed by atoms with E-state index in [2.05, 4.69) is 0 Å². The lowest BCUT2D eigenvalue weighted by molar-refractivity contribution is -0.140. The van der Waals surface area contributed by atoms with Gasteiger partial charge in [0.05, 0.1) is 11.1 Å². The second kappa shape index (κ2) is 8.59. The van der Waals surface area contributed by atoms with Crippen molar-refractivity contribution in [1.82, 2.24) is 0 Å². The van der Waals surface area contributed by atoms with Crippen LogP contribution in [-0.4, -0.2) is 0 Å². The van der Waals surface area contributed by atoms with Gasteiger partial charge in [-0.25, -0.2) is 8.78 Å². The SMILES string of the molecule is Fc1ccc(-c2cccc(-c3cccc(-c4ccc(F)c(C(F)(F)F)c4)c3)c2)cc1C(F)(F)F. The van der Waals surface area contributed by atoms with Crippen LogP contribution in [0.4, 0.5) is 35.1 Å². The Morgan fingerprint density at radius 3 is 0.971 bits per heavy atom. The van der Waals surface area contributed by atoms with Crippen LogP contribution in [-0.2, 0) is 12.4 Å². The van der Waals surface area contributed by atoms with Crippen molar-refractivity contribution in [2.24, 2.45) is 0 Å². The van der Waals surface area contributed by atoms with Crippen molar-refractivity contribution in [3.8, 4) is 33.4 Å². The van der Waals surface area contributed by atoms with E-state index in [-0.39, 0.29) is 11.1 Å². The largest absolute Gasteiger partial charge is 0.419 e. The predicted molar refractivity (Wildman–Crippen MR) is 113 cm³/mol. The van der Waals surface area contributed by atoms with Gasteiger partial charge in [0.1, 0.15) is 11.6 Å². The van der Waals surface area contributed by atoms with E-state index in [0.29, 0.717) is 22.3 Å². The summed E-state index contributed by atoms with van der Waals surface area (Å²) in [5.41, 5.74) is -0.501. The van der Waals surface area contributed by atoms with E-state index in [1.165, 1.54) is 12.1 Å². The molecule has 0 nitrogen and oxygen atoms in total. The van der Waals surface area contributed by atoms with Crippen molar-refractivity contribution >= 4 is 0 Å². The maximum Gasteiger partial charge on any atom is 0.419 e. The third-order valence-corrected chi connectivity index (χ3v) is 5.27. The number of hydrogen-bond donors (Lipinski definition) is 0. The average Bonchev–Trinajstić information content (AvgIpc) is 2.78. The summed E-state index contributed by atoms with van der Waals surface area (Å²) in [6.45, 7) is 0. The highest BCUT2D eigenvalue weighted by Gasteiger charge is 2.35. The second-order valence-electron chi connectivity index (χ2n) is 7.55. The molecule has 0 unspecified atom stereocenters. The fraction of sp³-hybridized carbons (Fsp3) is 0.0769. The highest BCUT2D eigenvalue weighted by Crippen LogP contribution is 2.37. The molecule has 0 saturated heterocycles. The molecule has 0 atom stereocenters. The van der Waals surface area contributed by atoms with Gasteiger partial charge >= 0.3 is 12.4 Å². The van der Waals surface area contributed by atoms with Gasteiger partial charge < -0.3 is 0 Å². The zero-order valence-corrected chi connectivity index (χ0v) is 17.1. The van der Waals surface area contributed by atoms with Gasteiger partial charge in [0.25, 0.3) is 0 Å². The Hall–Kier alpha value is -3.68. The van der Waals surface area contributed by atoms with Gasteiger partial charge in [-0.1, -0.05) is 48.5 Å². The van der Waals surface area contributed by atoms with Crippen molar-refractivity contribution in [2.45, 2.75) is 12.4 Å². The second-order valence-corrected chi connectivity index (χ2v) is 7.55. The summed E-state index contributed by atoms with van der Waals surface area (Å²) in [4.78, 5) is 0. The molecule has 0 aliphatic rings. The Morgan fingerprint density at radius 2 is 0.676 bits per heavy atom. The van der Waals surface area contributed by atoms with Crippen LogP contribution in [0.3, 0.4) is 0 Å². The number of hydrogen-bond acceptors (Lipinski definition) is 0. The third kappa shape index (κ3) is 4.81. The van der Waals surface area contributed by atoms with Crippen molar-refractivity contribution in [2.75, 3.05) is 0 Å². The molecule has 0 bridgehead atoms. The van der Waals surface area contributed by atoms with Crippen LogP contribution in [0, 0.1) is 11.6 Å². The van der Waals surface area contributed by atoms with Crippen LogP contribution in [0.15, 0.2) is 84.9 Å². The smallest absolute Gasteiger partial charge is 0.206 e. The predicted octanol–water partition coefficient (Wildman–Crippen LogP) is 9.00. The Bertz CT molecular complexity index is 1240. The minimum Gasteiger partial charge on any atom is -0.206 e. The molecule has 0 radical (unpaired) electrons. The van der Waals surface area contributed by atoms with E-state index in [0.717, 1.165) is 24.3 Å². The molecule has 34 heavy (non-hydrogen) atoms. The summed E-state index contributed by atoms with van der Waals surface area (Å²) in [7, 11) is 0. The minimum atomic E-state index is -4.85. The maximum atomic E-state index is 13.6. The van der Waals surface area contributed by atoms with Gasteiger partial charge in [-0.3, -0.25) is 0 Å². The molecule has 0 spiro atoms. The number of halogens is 8. The first-order valence-corrected chi connectivity index (χ1v) is 9.88. The molecule has 0 saturated carbocycles. The Kier molecular flexibility index (Phi) is 5.93. The van der Waals surface area contributed by atoms with Gasteiger partial charge in [0.15, 0.2) is 0 Å². The molecule has 8 heteroatoms. The van der Waals surface area contributed by atoms with Gasteiger partial charge in [-0.2, -0.15) is 26.3 Å². The van der Waals surface area contributed by atoms with Crippen molar-refractivity contribution in [3.63, 3.8) is 0 Å². The molecule has 0 aliphatic carbocycles. The molecule has 0 N–H and O–H groups in total. The fourth-order valence-electron chi connectivity index (χ4n) is 3.60. The first kappa shape index (κ1) is 23.5. The van der Waals surface area contributed by atoms with Crippen molar-refractivity contribution < 1.29 is 35.1 Å². The van der Waals surface area contributed by atoms with E-state index in [1.807, 2.05) is 0 Å². The minimum absolute atomic E-state index is 0.153. The standard InChI is InChI=1S/C26H14F8/c27-23-9-7-19(13-21(23)25(29,30)31)17-5-1-3-15(11-17)16-4-2-6-18(12-16)20-8-10-24(28)22(14-20)26(32,33)34/h1-14H. The van der Waals surface area contributed by atoms with E-state index < -0.39 is 35.1 Å². The zero-order chi connectivity index (χ0) is 24.7. The molecular weight excluding hydrogens is 464 g/mol. The molecule has 4 rings (SSSR count). The zero-order valence-electron chi connectivity index (χ0n) is 17.1. The summed E-state index contributed by atoms with van der Waals surface area (Å²) >= 11 is 0. The maximum absolute atomic E-state index is 13.6. The molecule has 0 fully saturated rings. The highest BCUT2D eigenvalue weighted by molar-refractivity contribution is 5.77. The first-order chi connectivity index (χ1) is 15.9. The van der Waals surface area contributed by atoms with Crippen LogP contribution in [0.1, 0.15) is 11.1 Å². The molecular formula is C26H14F8. The topological polar surface area (TPSA) is 0 Å². The van der Waals surface area contributed by atoms with Crippen LogP contribution in [0.25, 0.3) is 33.4 Å². The molecule has 4 aromatic rings. The summed E-state index contributed by atoms with van der Waals surface area (Å²) in [5, 5.41) is 0. The summed E-state index contributed by atoms with van der Waals surface area (Å²) in [6.07, 6.45) is -9.70. The summed E-state index contributed by atoms with van der Waals surface area (Å²) < 4.78 is 106. The molecule has 4 aromatic carbocycles. The van der Waals surface area contributed by atoms with Crippen LogP contribution < -0.4 is 0 Å². The monoisotopic (exact) mass is 478 g/mol. The van der Waals surface area contributed by atoms with Gasteiger partial charge in [0, 0.05) is 0 Å².